The Morgan fingerprint density at radius 2 is 2.12 bits per heavy atom. The zero-order chi connectivity index (χ0) is 13.0. The van der Waals surface area contributed by atoms with Crippen molar-refractivity contribution in [3.63, 3.8) is 0 Å². The van der Waals surface area contributed by atoms with Crippen molar-refractivity contribution in [1.82, 2.24) is 0 Å². The molecule has 0 heterocycles. The van der Waals surface area contributed by atoms with E-state index in [-0.39, 0.29) is 12.3 Å². The van der Waals surface area contributed by atoms with Crippen molar-refractivity contribution in [3.05, 3.63) is 37.0 Å². The number of esters is 1. The highest BCUT2D eigenvalue weighted by Crippen LogP contribution is 2.31. The highest BCUT2D eigenvalue weighted by atomic mass is 127. The smallest absolute Gasteiger partial charge is 0.354 e. The Morgan fingerprint density at radius 1 is 1.47 bits per heavy atom. The predicted molar refractivity (Wildman–Crippen MR) is 78.0 cm³/mol. The predicted octanol–water partition coefficient (Wildman–Crippen LogP) is 3.46. The van der Waals surface area contributed by atoms with Crippen LogP contribution < -0.4 is 5.73 Å². The molecule has 0 aliphatic rings. The van der Waals surface area contributed by atoms with Crippen LogP contribution in [-0.2, 0) is 9.53 Å². The van der Waals surface area contributed by atoms with Gasteiger partial charge in [0.15, 0.2) is 0 Å². The van der Waals surface area contributed by atoms with Crippen LogP contribution in [-0.4, -0.2) is 12.6 Å². The summed E-state index contributed by atoms with van der Waals surface area (Å²) in [7, 11) is 0. The van der Waals surface area contributed by atoms with Gasteiger partial charge in [-0.05, 0) is 47.2 Å². The summed E-state index contributed by atoms with van der Waals surface area (Å²) in [6, 6.07) is 3.53. The molecule has 0 aliphatic carbocycles. The molecule has 0 saturated heterocycles. The van der Waals surface area contributed by atoms with Gasteiger partial charge in [0.2, 0.25) is 0 Å². The first-order valence-corrected chi connectivity index (χ1v) is 6.58. The van der Waals surface area contributed by atoms with Crippen LogP contribution in [0.15, 0.2) is 17.8 Å². The molecule has 0 bridgehead atoms. The van der Waals surface area contributed by atoms with Gasteiger partial charge < -0.3 is 10.5 Å². The molecule has 0 fully saturated rings. The highest BCUT2D eigenvalue weighted by Gasteiger charge is 2.10. The highest BCUT2D eigenvalue weighted by molar-refractivity contribution is 14.1. The average Bonchev–Trinajstić information content (AvgIpc) is 2.30. The minimum Gasteiger partial charge on any atom is -0.461 e. The second-order valence-electron chi connectivity index (χ2n) is 3.08. The molecular weight excluding hydrogens is 376 g/mol. The van der Waals surface area contributed by atoms with E-state index in [1.165, 1.54) is 6.08 Å². The minimum absolute atomic E-state index is 0.00831. The molecule has 0 amide bonds. The van der Waals surface area contributed by atoms with E-state index in [0.29, 0.717) is 15.6 Å². The first-order valence-electron chi connectivity index (χ1n) is 4.75. The largest absolute Gasteiger partial charge is 0.461 e. The SMILES string of the molecule is CCOC(=O)/C(N)=C/c1ccc(I)c(Cl)c1Cl. The Balaban J connectivity index is 3.06. The van der Waals surface area contributed by atoms with Crippen LogP contribution in [0.4, 0.5) is 0 Å². The van der Waals surface area contributed by atoms with Crippen molar-refractivity contribution < 1.29 is 9.53 Å². The molecule has 0 spiro atoms. The second-order valence-corrected chi connectivity index (χ2v) is 5.00. The van der Waals surface area contributed by atoms with Gasteiger partial charge in [-0.2, -0.15) is 0 Å². The maximum Gasteiger partial charge on any atom is 0.354 e. The first-order chi connectivity index (χ1) is 7.97. The molecule has 0 saturated carbocycles. The van der Waals surface area contributed by atoms with E-state index in [1.807, 2.05) is 0 Å². The summed E-state index contributed by atoms with van der Waals surface area (Å²) < 4.78 is 5.59. The van der Waals surface area contributed by atoms with Crippen LogP contribution in [0.2, 0.25) is 10.0 Å². The molecule has 1 aromatic carbocycles. The van der Waals surface area contributed by atoms with Crippen molar-refractivity contribution in [2.75, 3.05) is 6.61 Å². The fourth-order valence-electron chi connectivity index (χ4n) is 1.09. The summed E-state index contributed by atoms with van der Waals surface area (Å²) in [5, 5.41) is 0.809. The lowest BCUT2D eigenvalue weighted by atomic mass is 10.2. The molecule has 3 nitrogen and oxygen atoms in total. The van der Waals surface area contributed by atoms with Crippen molar-refractivity contribution in [2.45, 2.75) is 6.92 Å². The van der Waals surface area contributed by atoms with Crippen LogP contribution in [0, 0.1) is 3.57 Å². The maximum absolute atomic E-state index is 11.3. The monoisotopic (exact) mass is 385 g/mol. The molecule has 6 heteroatoms. The Morgan fingerprint density at radius 3 is 2.71 bits per heavy atom. The van der Waals surface area contributed by atoms with Crippen LogP contribution in [0.5, 0.6) is 0 Å². The molecule has 0 radical (unpaired) electrons. The molecule has 92 valence electrons. The molecule has 1 aromatic rings. The average molecular weight is 386 g/mol. The van der Waals surface area contributed by atoms with E-state index in [1.54, 1.807) is 19.1 Å². The van der Waals surface area contributed by atoms with E-state index < -0.39 is 5.97 Å². The molecule has 1 rings (SSSR count). The number of halogens is 3. The quantitative estimate of drug-likeness (QED) is 0.375. The molecule has 17 heavy (non-hydrogen) atoms. The van der Waals surface area contributed by atoms with E-state index >= 15 is 0 Å². The molecule has 2 N–H and O–H groups in total. The van der Waals surface area contributed by atoms with Gasteiger partial charge in [0, 0.05) is 3.57 Å². The van der Waals surface area contributed by atoms with Gasteiger partial charge in [-0.25, -0.2) is 4.79 Å². The Kier molecular flexibility index (Phi) is 5.55. The number of benzene rings is 1. The maximum atomic E-state index is 11.3. The summed E-state index contributed by atoms with van der Waals surface area (Å²) >= 11 is 14.1. The third-order valence-electron chi connectivity index (χ3n) is 1.89. The van der Waals surface area contributed by atoms with Gasteiger partial charge in [-0.15, -0.1) is 0 Å². The summed E-state index contributed by atoms with van der Waals surface area (Å²) in [5.74, 6) is -0.571. The van der Waals surface area contributed by atoms with Crippen molar-refractivity contribution in [1.29, 1.82) is 0 Å². The minimum atomic E-state index is -0.571. The molecule has 0 atom stereocenters. The second kappa shape index (κ2) is 6.47. The Hall–Kier alpha value is -0.460. The molecule has 0 aromatic heterocycles. The van der Waals surface area contributed by atoms with E-state index in [4.69, 9.17) is 33.7 Å². The fourth-order valence-corrected chi connectivity index (χ4v) is 2.09. The van der Waals surface area contributed by atoms with Crippen molar-refractivity contribution in [2.24, 2.45) is 5.73 Å². The van der Waals surface area contributed by atoms with Gasteiger partial charge in [0.1, 0.15) is 5.70 Å². The third kappa shape index (κ3) is 3.76. The van der Waals surface area contributed by atoms with Crippen LogP contribution >= 0.6 is 45.8 Å². The van der Waals surface area contributed by atoms with Gasteiger partial charge in [0.25, 0.3) is 0 Å². The van der Waals surface area contributed by atoms with Crippen molar-refractivity contribution in [3.8, 4) is 0 Å². The number of hydrogen-bond donors (Lipinski definition) is 1. The zero-order valence-electron chi connectivity index (χ0n) is 8.97. The number of carbonyl (C=O) groups is 1. The van der Waals surface area contributed by atoms with Gasteiger partial charge in [-0.1, -0.05) is 29.3 Å². The number of rotatable bonds is 3. The number of hydrogen-bond acceptors (Lipinski definition) is 3. The van der Waals surface area contributed by atoms with Gasteiger partial charge in [0.05, 0.1) is 16.7 Å². The lowest BCUT2D eigenvalue weighted by molar-refractivity contribution is -0.138. The summed E-state index contributed by atoms with van der Waals surface area (Å²) in [5.41, 5.74) is 6.15. The molecule has 0 unspecified atom stereocenters. The fraction of sp³-hybridized carbons (Fsp3) is 0.182. The van der Waals surface area contributed by atoms with Crippen LogP contribution in [0.25, 0.3) is 6.08 Å². The van der Waals surface area contributed by atoms with E-state index in [9.17, 15) is 4.79 Å². The summed E-state index contributed by atoms with van der Waals surface area (Å²) in [6.07, 6.45) is 1.45. The topological polar surface area (TPSA) is 52.3 Å². The first kappa shape index (κ1) is 14.6. The van der Waals surface area contributed by atoms with Gasteiger partial charge >= 0.3 is 5.97 Å². The normalized spacial score (nSPS) is 11.4. The van der Waals surface area contributed by atoms with Crippen LogP contribution in [0.3, 0.4) is 0 Å². The molecular formula is C11H10Cl2INO2. The van der Waals surface area contributed by atoms with Crippen LogP contribution in [0.1, 0.15) is 12.5 Å². The Labute approximate surface area is 123 Å². The number of nitrogens with two attached hydrogens (primary N) is 1. The molecule has 0 aliphatic heterocycles. The summed E-state index contributed by atoms with van der Waals surface area (Å²) in [4.78, 5) is 11.3. The van der Waals surface area contributed by atoms with E-state index in [2.05, 4.69) is 22.6 Å². The Bertz CT molecular complexity index is 475. The van der Waals surface area contributed by atoms with Gasteiger partial charge in [-0.3, -0.25) is 0 Å². The third-order valence-corrected chi connectivity index (χ3v) is 4.00. The standard InChI is InChI=1S/C11H10Cl2INO2/c1-2-17-11(16)8(15)5-6-3-4-7(14)10(13)9(6)12/h3-5H,2,15H2,1H3/b8-5-. The zero-order valence-corrected chi connectivity index (χ0v) is 12.6. The number of ether oxygens (including phenoxy) is 1. The number of carbonyl (C=O) groups excluding carboxylic acids is 1. The van der Waals surface area contributed by atoms with Crippen molar-refractivity contribution >= 4 is 57.8 Å². The summed E-state index contributed by atoms with van der Waals surface area (Å²) in [6.45, 7) is 1.98. The lowest BCUT2D eigenvalue weighted by Gasteiger charge is -2.05. The lowest BCUT2D eigenvalue weighted by Crippen LogP contribution is -2.14. The van der Waals surface area contributed by atoms with E-state index in [0.717, 1.165) is 3.57 Å².